The van der Waals surface area contributed by atoms with Gasteiger partial charge in [0.05, 0.1) is 20.3 Å². The number of aliphatic hydroxyl groups excluding tert-OH is 1. The molecule has 1 atom stereocenters. The molecule has 35 heavy (non-hydrogen) atoms. The summed E-state index contributed by atoms with van der Waals surface area (Å²) in [5, 5.41) is 14.9. The van der Waals surface area contributed by atoms with E-state index in [9.17, 15) is 9.90 Å². The average Bonchev–Trinajstić information content (AvgIpc) is 3.20. The Hall–Kier alpha value is -3.19. The molecule has 1 aliphatic carbocycles. The van der Waals surface area contributed by atoms with Gasteiger partial charge in [-0.1, -0.05) is 12.5 Å². The van der Waals surface area contributed by atoms with E-state index in [1.807, 2.05) is 37.3 Å². The van der Waals surface area contributed by atoms with E-state index < -0.39 is 6.10 Å². The third-order valence-corrected chi connectivity index (χ3v) is 7.44. The highest BCUT2D eigenvalue weighted by molar-refractivity contribution is 6.00. The summed E-state index contributed by atoms with van der Waals surface area (Å²) >= 11 is 0. The molecule has 7 heteroatoms. The van der Waals surface area contributed by atoms with Gasteiger partial charge in [-0.2, -0.15) is 0 Å². The number of rotatable bonds is 6. The number of hydrogen-bond donors (Lipinski definition) is 2. The summed E-state index contributed by atoms with van der Waals surface area (Å²) in [5.41, 5.74) is 2.80. The van der Waals surface area contributed by atoms with Crippen LogP contribution in [-0.2, 0) is 6.42 Å². The van der Waals surface area contributed by atoms with Gasteiger partial charge >= 0.3 is 0 Å². The Morgan fingerprint density at radius 3 is 2.63 bits per heavy atom. The second kappa shape index (κ2) is 9.46. The van der Waals surface area contributed by atoms with Crippen molar-refractivity contribution in [1.82, 2.24) is 5.32 Å². The monoisotopic (exact) mass is 479 g/mol. The fourth-order valence-electron chi connectivity index (χ4n) is 5.66. The highest BCUT2D eigenvalue weighted by atomic mass is 16.5. The van der Waals surface area contributed by atoms with Crippen molar-refractivity contribution in [2.45, 2.75) is 63.6 Å². The summed E-state index contributed by atoms with van der Waals surface area (Å²) in [4.78, 5) is 13.0. The fourth-order valence-corrected chi connectivity index (χ4v) is 5.66. The Kier molecular flexibility index (Phi) is 6.36. The van der Waals surface area contributed by atoms with Gasteiger partial charge in [0.1, 0.15) is 16.9 Å². The number of aryl methyl sites for hydroxylation is 1. The molecule has 0 saturated heterocycles. The van der Waals surface area contributed by atoms with Gasteiger partial charge in [-0.25, -0.2) is 0 Å². The molecule has 2 N–H and O–H groups in total. The van der Waals surface area contributed by atoms with Gasteiger partial charge in [0.15, 0.2) is 17.3 Å². The molecule has 1 amide bonds. The SMILES string of the molecule is COc1ccc(CCNC(=O)c2oc3ccc4c(c3c2C)[C@H](O)CC2(CCCCC2)O4)cc1OC. The molecule has 3 aromatic rings. The van der Waals surface area contributed by atoms with Gasteiger partial charge in [0, 0.05) is 29.5 Å². The van der Waals surface area contributed by atoms with E-state index in [-0.39, 0.29) is 17.3 Å². The predicted octanol–water partition coefficient (Wildman–Crippen LogP) is 5.25. The molecule has 2 aliphatic rings. The zero-order valence-corrected chi connectivity index (χ0v) is 20.6. The van der Waals surface area contributed by atoms with Crippen molar-refractivity contribution in [1.29, 1.82) is 0 Å². The topological polar surface area (TPSA) is 90.2 Å². The van der Waals surface area contributed by atoms with Gasteiger partial charge in [-0.3, -0.25) is 4.79 Å². The van der Waals surface area contributed by atoms with Crippen LogP contribution in [0.3, 0.4) is 0 Å². The molecule has 1 saturated carbocycles. The Balaban J connectivity index is 1.34. The maximum absolute atomic E-state index is 13.0. The van der Waals surface area contributed by atoms with Gasteiger partial charge in [0.25, 0.3) is 5.91 Å². The molecule has 7 nitrogen and oxygen atoms in total. The van der Waals surface area contributed by atoms with Crippen LogP contribution in [0.5, 0.6) is 17.2 Å². The van der Waals surface area contributed by atoms with Crippen molar-refractivity contribution in [3.63, 3.8) is 0 Å². The van der Waals surface area contributed by atoms with Crippen molar-refractivity contribution in [2.24, 2.45) is 0 Å². The Bertz CT molecular complexity index is 1240. The predicted molar refractivity (Wildman–Crippen MR) is 133 cm³/mol. The van der Waals surface area contributed by atoms with Crippen LogP contribution < -0.4 is 19.5 Å². The van der Waals surface area contributed by atoms with Crippen LogP contribution in [-0.4, -0.2) is 37.4 Å². The minimum atomic E-state index is -0.641. The lowest BCUT2D eigenvalue weighted by Gasteiger charge is -2.43. The van der Waals surface area contributed by atoms with E-state index in [2.05, 4.69) is 5.32 Å². The molecule has 2 aromatic carbocycles. The van der Waals surface area contributed by atoms with Crippen LogP contribution in [0, 0.1) is 6.92 Å². The molecule has 5 rings (SSSR count). The highest BCUT2D eigenvalue weighted by Crippen LogP contribution is 2.49. The van der Waals surface area contributed by atoms with Crippen molar-refractivity contribution in [2.75, 3.05) is 20.8 Å². The van der Waals surface area contributed by atoms with Gasteiger partial charge in [0.2, 0.25) is 0 Å². The number of hydrogen-bond acceptors (Lipinski definition) is 6. The average molecular weight is 480 g/mol. The first kappa shape index (κ1) is 23.5. The number of carbonyl (C=O) groups excluding carboxylic acids is 1. The van der Waals surface area contributed by atoms with Gasteiger partial charge < -0.3 is 29.1 Å². The van der Waals surface area contributed by atoms with Crippen LogP contribution in [0.15, 0.2) is 34.7 Å². The summed E-state index contributed by atoms with van der Waals surface area (Å²) in [6.07, 6.45) is 5.99. The number of nitrogens with one attached hydrogen (secondary N) is 1. The summed E-state index contributed by atoms with van der Waals surface area (Å²) in [5.74, 6) is 2.03. The molecular weight excluding hydrogens is 446 g/mol. The summed E-state index contributed by atoms with van der Waals surface area (Å²) in [6, 6.07) is 9.43. The Morgan fingerprint density at radius 2 is 1.89 bits per heavy atom. The largest absolute Gasteiger partial charge is 0.493 e. The van der Waals surface area contributed by atoms with Crippen LogP contribution >= 0.6 is 0 Å². The van der Waals surface area contributed by atoms with E-state index in [1.54, 1.807) is 14.2 Å². The van der Waals surface area contributed by atoms with E-state index in [1.165, 1.54) is 6.42 Å². The number of benzene rings is 2. The smallest absolute Gasteiger partial charge is 0.287 e. The highest BCUT2D eigenvalue weighted by Gasteiger charge is 2.42. The Morgan fingerprint density at radius 1 is 1.11 bits per heavy atom. The first-order chi connectivity index (χ1) is 16.9. The summed E-state index contributed by atoms with van der Waals surface area (Å²) < 4.78 is 23.1. The second-order valence-corrected chi connectivity index (χ2v) is 9.67. The number of methoxy groups -OCH3 is 2. The molecule has 1 aliphatic heterocycles. The number of aliphatic hydroxyl groups is 1. The van der Waals surface area contributed by atoms with Crippen molar-refractivity contribution < 1.29 is 28.5 Å². The molecular formula is C28H33NO6. The first-order valence-electron chi connectivity index (χ1n) is 12.4. The summed E-state index contributed by atoms with van der Waals surface area (Å²) in [6.45, 7) is 2.31. The molecule has 2 heterocycles. The standard InChI is InChI=1S/C28H33NO6/c1-17-24-21(9-10-22-25(24)19(30)16-28(35-22)12-5-4-6-13-28)34-26(17)27(31)29-14-11-18-7-8-20(32-2)23(15-18)33-3/h7-10,15,19,30H,4-6,11-14,16H2,1-3H3,(H,29,31)/t19-/m1/s1. The maximum atomic E-state index is 13.0. The molecule has 0 bridgehead atoms. The second-order valence-electron chi connectivity index (χ2n) is 9.67. The number of amides is 1. The number of fused-ring (bicyclic) bond motifs is 3. The van der Waals surface area contributed by atoms with E-state index >= 15 is 0 Å². The van der Waals surface area contributed by atoms with Crippen LogP contribution in [0.25, 0.3) is 11.0 Å². The van der Waals surface area contributed by atoms with Crippen molar-refractivity contribution in [3.8, 4) is 17.2 Å². The number of carbonyl (C=O) groups is 1. The van der Waals surface area contributed by atoms with Crippen LogP contribution in [0.4, 0.5) is 0 Å². The van der Waals surface area contributed by atoms with Crippen molar-refractivity contribution in [3.05, 3.63) is 52.8 Å². The minimum absolute atomic E-state index is 0.269. The third kappa shape index (κ3) is 4.33. The number of furan rings is 1. The normalized spacial score (nSPS) is 18.7. The Labute approximate surface area is 205 Å². The number of ether oxygens (including phenoxy) is 3. The third-order valence-electron chi connectivity index (χ3n) is 7.44. The van der Waals surface area contributed by atoms with E-state index in [0.717, 1.165) is 47.8 Å². The minimum Gasteiger partial charge on any atom is -0.493 e. The zero-order chi connectivity index (χ0) is 24.6. The van der Waals surface area contributed by atoms with E-state index in [0.29, 0.717) is 42.2 Å². The molecule has 1 spiro atoms. The van der Waals surface area contributed by atoms with Gasteiger partial charge in [-0.05, 0) is 68.9 Å². The van der Waals surface area contributed by atoms with Crippen LogP contribution in [0.1, 0.15) is 71.9 Å². The van der Waals surface area contributed by atoms with Crippen molar-refractivity contribution >= 4 is 16.9 Å². The van der Waals surface area contributed by atoms with Gasteiger partial charge in [-0.15, -0.1) is 0 Å². The first-order valence-corrected chi connectivity index (χ1v) is 12.4. The molecule has 1 aromatic heterocycles. The summed E-state index contributed by atoms with van der Waals surface area (Å²) in [7, 11) is 3.20. The molecule has 186 valence electrons. The zero-order valence-electron chi connectivity index (χ0n) is 20.6. The fraction of sp³-hybridized carbons (Fsp3) is 0.464. The van der Waals surface area contributed by atoms with Crippen LogP contribution in [0.2, 0.25) is 0 Å². The quantitative estimate of drug-likeness (QED) is 0.502. The molecule has 1 fully saturated rings. The molecule has 0 radical (unpaired) electrons. The molecule has 0 unspecified atom stereocenters. The lowest BCUT2D eigenvalue weighted by Crippen LogP contribution is -2.42. The lowest BCUT2D eigenvalue weighted by molar-refractivity contribution is -0.0373. The maximum Gasteiger partial charge on any atom is 0.287 e. The lowest BCUT2D eigenvalue weighted by atomic mass is 9.77. The van der Waals surface area contributed by atoms with E-state index in [4.69, 9.17) is 18.6 Å².